The van der Waals surface area contributed by atoms with Crippen LogP contribution in [0.1, 0.15) is 15.9 Å². The van der Waals surface area contributed by atoms with Gasteiger partial charge in [-0.3, -0.25) is 14.8 Å². The summed E-state index contributed by atoms with van der Waals surface area (Å²) in [7, 11) is 0. The van der Waals surface area contributed by atoms with Crippen LogP contribution in [0.3, 0.4) is 0 Å². The molecule has 1 heterocycles. The van der Waals surface area contributed by atoms with Gasteiger partial charge in [-0.15, -0.1) is 0 Å². The molecule has 0 saturated carbocycles. The zero-order chi connectivity index (χ0) is 22.0. The van der Waals surface area contributed by atoms with E-state index in [0.29, 0.717) is 22.7 Å². The van der Waals surface area contributed by atoms with Gasteiger partial charge in [-0.05, 0) is 54.6 Å². The number of aromatic nitrogens is 2. The molecule has 9 heteroatoms. The first-order valence-corrected chi connectivity index (χ1v) is 9.34. The molecule has 0 saturated heterocycles. The SMILES string of the molecule is O=C(Nc1ccc(Oc2ccc3nccnc3c2)cc1)c1ccc(C(F)(F)F)c(Cl)c1. The number of ether oxygens (including phenoxy) is 1. The second-order valence-corrected chi connectivity index (χ2v) is 6.89. The van der Waals surface area contributed by atoms with Crippen LogP contribution in [0.2, 0.25) is 5.02 Å². The van der Waals surface area contributed by atoms with Crippen molar-refractivity contribution in [2.24, 2.45) is 0 Å². The molecule has 0 aliphatic carbocycles. The second-order valence-electron chi connectivity index (χ2n) is 6.48. The molecule has 5 nitrogen and oxygen atoms in total. The number of alkyl halides is 3. The Balaban J connectivity index is 1.44. The summed E-state index contributed by atoms with van der Waals surface area (Å²) in [6.07, 6.45) is -1.39. The minimum Gasteiger partial charge on any atom is -0.457 e. The van der Waals surface area contributed by atoms with E-state index in [4.69, 9.17) is 16.3 Å². The average molecular weight is 444 g/mol. The number of carbonyl (C=O) groups is 1. The highest BCUT2D eigenvalue weighted by Gasteiger charge is 2.33. The van der Waals surface area contributed by atoms with Crippen LogP contribution in [-0.2, 0) is 6.18 Å². The highest BCUT2D eigenvalue weighted by molar-refractivity contribution is 6.32. The van der Waals surface area contributed by atoms with Gasteiger partial charge in [0.15, 0.2) is 0 Å². The fourth-order valence-electron chi connectivity index (χ4n) is 2.84. The summed E-state index contributed by atoms with van der Waals surface area (Å²) in [5.74, 6) is 0.514. The third-order valence-corrected chi connectivity index (χ3v) is 4.64. The summed E-state index contributed by atoms with van der Waals surface area (Å²) in [6.45, 7) is 0. The lowest BCUT2D eigenvalue weighted by atomic mass is 10.1. The van der Waals surface area contributed by atoms with Gasteiger partial charge >= 0.3 is 6.18 Å². The molecule has 0 spiro atoms. The number of rotatable bonds is 4. The second kappa shape index (κ2) is 8.23. The number of anilines is 1. The molecule has 4 aromatic rings. The van der Waals surface area contributed by atoms with Crippen LogP contribution in [-0.4, -0.2) is 15.9 Å². The first-order valence-electron chi connectivity index (χ1n) is 8.96. The number of hydrogen-bond donors (Lipinski definition) is 1. The maximum atomic E-state index is 12.8. The smallest absolute Gasteiger partial charge is 0.417 e. The van der Waals surface area contributed by atoms with Crippen molar-refractivity contribution in [3.8, 4) is 11.5 Å². The third-order valence-electron chi connectivity index (χ3n) is 4.33. The molecular weight excluding hydrogens is 431 g/mol. The number of nitrogens with one attached hydrogen (secondary N) is 1. The number of benzene rings is 3. The predicted molar refractivity (Wildman–Crippen MR) is 110 cm³/mol. The highest BCUT2D eigenvalue weighted by atomic mass is 35.5. The largest absolute Gasteiger partial charge is 0.457 e. The van der Waals surface area contributed by atoms with Gasteiger partial charge in [0.05, 0.1) is 21.6 Å². The fraction of sp³-hybridized carbons (Fsp3) is 0.0455. The quantitative estimate of drug-likeness (QED) is 0.399. The standard InChI is InChI=1S/C22H13ClF3N3O2/c23-18-11-13(1-7-17(18)22(24,25)26)21(30)29-14-2-4-15(5-3-14)31-16-6-8-19-20(12-16)28-10-9-27-19/h1-12H,(H,29,30). The molecule has 1 N–H and O–H groups in total. The third kappa shape index (κ3) is 4.75. The first kappa shape index (κ1) is 20.6. The Morgan fingerprint density at radius 2 is 1.55 bits per heavy atom. The molecule has 0 bridgehead atoms. The minimum atomic E-state index is -4.58. The van der Waals surface area contributed by atoms with E-state index >= 15 is 0 Å². The molecule has 0 aliphatic rings. The fourth-order valence-corrected chi connectivity index (χ4v) is 3.13. The Hall–Kier alpha value is -3.65. The Morgan fingerprint density at radius 1 is 0.871 bits per heavy atom. The van der Waals surface area contributed by atoms with Gasteiger partial charge in [-0.2, -0.15) is 13.2 Å². The number of amides is 1. The zero-order valence-corrected chi connectivity index (χ0v) is 16.4. The maximum Gasteiger partial charge on any atom is 0.417 e. The van der Waals surface area contributed by atoms with Gasteiger partial charge in [0.25, 0.3) is 5.91 Å². The topological polar surface area (TPSA) is 64.1 Å². The summed E-state index contributed by atoms with van der Waals surface area (Å²) in [4.78, 5) is 20.7. The Kier molecular flexibility index (Phi) is 5.48. The van der Waals surface area contributed by atoms with E-state index in [0.717, 1.165) is 23.7 Å². The lowest BCUT2D eigenvalue weighted by Gasteiger charge is -2.11. The van der Waals surface area contributed by atoms with E-state index in [1.807, 2.05) is 0 Å². The average Bonchev–Trinajstić information content (AvgIpc) is 2.74. The Labute approximate surface area is 179 Å². The van der Waals surface area contributed by atoms with Crippen LogP contribution in [0.4, 0.5) is 18.9 Å². The number of nitrogens with zero attached hydrogens (tertiary/aromatic N) is 2. The summed E-state index contributed by atoms with van der Waals surface area (Å²) in [6, 6.07) is 14.7. The molecule has 0 fully saturated rings. The van der Waals surface area contributed by atoms with Crippen LogP contribution >= 0.6 is 11.6 Å². The number of fused-ring (bicyclic) bond motifs is 1. The highest BCUT2D eigenvalue weighted by Crippen LogP contribution is 2.35. The van der Waals surface area contributed by atoms with E-state index in [-0.39, 0.29) is 5.56 Å². The summed E-state index contributed by atoms with van der Waals surface area (Å²) < 4.78 is 44.2. The molecule has 1 aromatic heterocycles. The number of hydrogen-bond acceptors (Lipinski definition) is 4. The van der Waals surface area contributed by atoms with Crippen molar-refractivity contribution >= 4 is 34.2 Å². The zero-order valence-electron chi connectivity index (χ0n) is 15.7. The Morgan fingerprint density at radius 3 is 2.23 bits per heavy atom. The molecule has 3 aromatic carbocycles. The van der Waals surface area contributed by atoms with E-state index in [2.05, 4.69) is 15.3 Å². The van der Waals surface area contributed by atoms with Crippen LogP contribution in [0.15, 0.2) is 73.1 Å². The molecule has 1 amide bonds. The molecule has 31 heavy (non-hydrogen) atoms. The molecule has 0 atom stereocenters. The molecule has 0 radical (unpaired) electrons. The summed E-state index contributed by atoms with van der Waals surface area (Å²) >= 11 is 5.67. The van der Waals surface area contributed by atoms with Gasteiger partial charge < -0.3 is 10.1 Å². The van der Waals surface area contributed by atoms with Crippen molar-refractivity contribution in [2.75, 3.05) is 5.32 Å². The first-order chi connectivity index (χ1) is 14.8. The normalized spacial score (nSPS) is 11.4. The van der Waals surface area contributed by atoms with Crippen molar-refractivity contribution in [2.45, 2.75) is 6.18 Å². The Bertz CT molecular complexity index is 1260. The molecule has 156 valence electrons. The van der Waals surface area contributed by atoms with Crippen LogP contribution in [0, 0.1) is 0 Å². The van der Waals surface area contributed by atoms with Crippen molar-refractivity contribution in [3.05, 3.63) is 89.2 Å². The van der Waals surface area contributed by atoms with E-state index < -0.39 is 22.7 Å². The lowest BCUT2D eigenvalue weighted by Crippen LogP contribution is -2.13. The monoisotopic (exact) mass is 443 g/mol. The van der Waals surface area contributed by atoms with Crippen molar-refractivity contribution in [1.82, 2.24) is 9.97 Å². The van der Waals surface area contributed by atoms with Gasteiger partial charge in [0, 0.05) is 29.7 Å². The van der Waals surface area contributed by atoms with Gasteiger partial charge in [-0.1, -0.05) is 11.6 Å². The van der Waals surface area contributed by atoms with Gasteiger partial charge in [0.2, 0.25) is 0 Å². The molecule has 4 rings (SSSR count). The van der Waals surface area contributed by atoms with Gasteiger partial charge in [-0.25, -0.2) is 0 Å². The number of carbonyl (C=O) groups excluding carboxylic acids is 1. The minimum absolute atomic E-state index is 0.00981. The van der Waals surface area contributed by atoms with Crippen molar-refractivity contribution in [3.63, 3.8) is 0 Å². The van der Waals surface area contributed by atoms with Gasteiger partial charge in [0.1, 0.15) is 11.5 Å². The van der Waals surface area contributed by atoms with Crippen LogP contribution in [0.25, 0.3) is 11.0 Å². The predicted octanol–water partition coefficient (Wildman–Crippen LogP) is 6.35. The van der Waals surface area contributed by atoms with Crippen LogP contribution < -0.4 is 10.1 Å². The van der Waals surface area contributed by atoms with E-state index in [1.54, 1.807) is 54.9 Å². The maximum absolute atomic E-state index is 12.8. The van der Waals surface area contributed by atoms with Crippen LogP contribution in [0.5, 0.6) is 11.5 Å². The molecular formula is C22H13ClF3N3O2. The summed E-state index contributed by atoms with van der Waals surface area (Å²) in [5, 5.41) is 2.07. The van der Waals surface area contributed by atoms with Crippen molar-refractivity contribution in [1.29, 1.82) is 0 Å². The molecule has 0 unspecified atom stereocenters. The lowest BCUT2D eigenvalue weighted by molar-refractivity contribution is -0.137. The van der Waals surface area contributed by atoms with E-state index in [9.17, 15) is 18.0 Å². The summed E-state index contributed by atoms with van der Waals surface area (Å²) in [5.41, 5.74) is 0.899. The van der Waals surface area contributed by atoms with E-state index in [1.165, 1.54) is 0 Å². The molecule has 0 aliphatic heterocycles. The number of halogens is 4. The van der Waals surface area contributed by atoms with Crippen molar-refractivity contribution < 1.29 is 22.7 Å².